The Labute approximate surface area is 242 Å². The predicted molar refractivity (Wildman–Crippen MR) is 155 cm³/mol. The van der Waals surface area contributed by atoms with Gasteiger partial charge in [-0.2, -0.15) is 0 Å². The number of methoxy groups -OCH3 is 1. The van der Waals surface area contributed by atoms with E-state index in [1.807, 2.05) is 59.5 Å². The Morgan fingerprint density at radius 3 is 2.27 bits per heavy atom. The molecule has 2 aliphatic rings. The van der Waals surface area contributed by atoms with Gasteiger partial charge in [-0.05, 0) is 71.5 Å². The van der Waals surface area contributed by atoms with Gasteiger partial charge in [0.15, 0.2) is 11.5 Å². The first-order chi connectivity index (χ1) is 19.3. The van der Waals surface area contributed by atoms with Crippen LogP contribution in [0.4, 0.5) is 5.69 Å². The van der Waals surface area contributed by atoms with Crippen molar-refractivity contribution < 1.29 is 28.9 Å². The van der Waals surface area contributed by atoms with Crippen molar-refractivity contribution in [3.05, 3.63) is 81.3 Å². The molecule has 1 amide bonds. The second-order valence-electron chi connectivity index (χ2n) is 10.1. The third-order valence-corrected chi connectivity index (χ3v) is 8.26. The molecule has 2 aliphatic heterocycles. The number of carboxylic acid groups (broad SMARTS) is 1. The molecule has 0 spiro atoms. The Bertz CT molecular complexity index is 1380. The summed E-state index contributed by atoms with van der Waals surface area (Å²) in [6.45, 7) is 4.70. The number of hydrogen-bond acceptors (Lipinski definition) is 6. The number of benzene rings is 3. The van der Waals surface area contributed by atoms with E-state index in [0.29, 0.717) is 23.8 Å². The minimum absolute atomic E-state index is 0.0455. The summed E-state index contributed by atoms with van der Waals surface area (Å²) in [6, 6.07) is 16.5. The van der Waals surface area contributed by atoms with Crippen LogP contribution in [0.1, 0.15) is 48.1 Å². The number of amides is 1. The fraction of sp³-hybridized carbons (Fsp3) is 0.355. The smallest absolute Gasteiger partial charge is 0.309 e. The summed E-state index contributed by atoms with van der Waals surface area (Å²) in [5.74, 6) is -0.317. The molecule has 8 nitrogen and oxygen atoms in total. The van der Waals surface area contributed by atoms with Crippen LogP contribution >= 0.6 is 15.9 Å². The first kappa shape index (κ1) is 28.0. The Balaban J connectivity index is 1.49. The molecule has 5 rings (SSSR count). The minimum atomic E-state index is -0.916. The van der Waals surface area contributed by atoms with Gasteiger partial charge in [-0.1, -0.05) is 48.0 Å². The molecule has 40 heavy (non-hydrogen) atoms. The highest BCUT2D eigenvalue weighted by atomic mass is 79.9. The number of carbonyl (C=O) groups excluding carboxylic acids is 1. The van der Waals surface area contributed by atoms with E-state index in [4.69, 9.17) is 14.2 Å². The molecule has 9 heteroatoms. The topological polar surface area (TPSA) is 97.3 Å². The van der Waals surface area contributed by atoms with E-state index >= 15 is 0 Å². The van der Waals surface area contributed by atoms with Crippen LogP contribution in [-0.2, 0) is 22.4 Å². The molecule has 1 fully saturated rings. The fourth-order valence-electron chi connectivity index (χ4n) is 5.88. The summed E-state index contributed by atoms with van der Waals surface area (Å²) in [6.07, 6.45) is 1.54. The van der Waals surface area contributed by atoms with Crippen molar-refractivity contribution in [1.82, 2.24) is 4.90 Å². The number of ether oxygens (including phenoxy) is 3. The van der Waals surface area contributed by atoms with E-state index in [-0.39, 0.29) is 25.2 Å². The molecule has 3 aromatic carbocycles. The molecule has 210 valence electrons. The highest BCUT2D eigenvalue weighted by Gasteiger charge is 2.48. The summed E-state index contributed by atoms with van der Waals surface area (Å²) in [5.41, 5.74) is 4.59. The SMILES string of the molecule is CCc1cc(Br)cc(CC)c1NC(=O)CN1C[C@H](c2ccc3c(c2)OCO3)[C@H](C(=O)O)[C@H]1c1ccc(OC)cc1. The standard InChI is InChI=1S/C31H33BrN2O6/c1-4-18-12-22(32)13-19(5-2)29(18)33-27(35)16-34-15-24(21-8-11-25-26(14-21)40-17-39-25)28(31(36)37)30(34)20-6-9-23(38-3)10-7-20/h6-14,24,28,30H,4-5,15-17H2,1-3H3,(H,33,35)(H,36,37)/t24-,28+,30-/m1/s1. The highest BCUT2D eigenvalue weighted by molar-refractivity contribution is 9.10. The summed E-state index contributed by atoms with van der Waals surface area (Å²) >= 11 is 3.58. The van der Waals surface area contributed by atoms with Gasteiger partial charge < -0.3 is 24.6 Å². The first-order valence-corrected chi connectivity index (χ1v) is 14.2. The summed E-state index contributed by atoms with van der Waals surface area (Å²) in [4.78, 5) is 28.4. The number of aliphatic carboxylic acids is 1. The largest absolute Gasteiger partial charge is 0.497 e. The summed E-state index contributed by atoms with van der Waals surface area (Å²) < 4.78 is 17.3. The van der Waals surface area contributed by atoms with Crippen LogP contribution in [0.25, 0.3) is 0 Å². The fourth-order valence-corrected chi connectivity index (χ4v) is 6.43. The van der Waals surface area contributed by atoms with Gasteiger partial charge in [0, 0.05) is 28.7 Å². The Kier molecular flexibility index (Phi) is 8.32. The number of likely N-dealkylation sites (tertiary alicyclic amines) is 1. The Hall–Kier alpha value is -3.56. The monoisotopic (exact) mass is 608 g/mol. The van der Waals surface area contributed by atoms with Crippen molar-refractivity contribution in [2.75, 3.05) is 32.3 Å². The van der Waals surface area contributed by atoms with Crippen LogP contribution in [0.2, 0.25) is 0 Å². The minimum Gasteiger partial charge on any atom is -0.497 e. The van der Waals surface area contributed by atoms with Crippen molar-refractivity contribution in [2.24, 2.45) is 5.92 Å². The van der Waals surface area contributed by atoms with Gasteiger partial charge in [0.1, 0.15) is 5.75 Å². The lowest BCUT2D eigenvalue weighted by molar-refractivity contribution is -0.143. The molecule has 0 aromatic heterocycles. The molecule has 2 N–H and O–H groups in total. The molecule has 3 aromatic rings. The zero-order chi connectivity index (χ0) is 28.4. The van der Waals surface area contributed by atoms with Gasteiger partial charge >= 0.3 is 5.97 Å². The lowest BCUT2D eigenvalue weighted by atomic mass is 9.82. The molecule has 2 heterocycles. The normalized spacial score (nSPS) is 19.9. The van der Waals surface area contributed by atoms with Crippen LogP contribution in [-0.4, -0.2) is 48.9 Å². The van der Waals surface area contributed by atoms with E-state index in [1.165, 1.54) is 0 Å². The lowest BCUT2D eigenvalue weighted by Crippen LogP contribution is -2.35. The van der Waals surface area contributed by atoms with E-state index in [1.54, 1.807) is 7.11 Å². The number of halogens is 1. The van der Waals surface area contributed by atoms with Crippen molar-refractivity contribution >= 4 is 33.5 Å². The van der Waals surface area contributed by atoms with E-state index in [2.05, 4.69) is 35.1 Å². The van der Waals surface area contributed by atoms with E-state index in [9.17, 15) is 14.7 Å². The number of nitrogens with one attached hydrogen (secondary N) is 1. The summed E-state index contributed by atoms with van der Waals surface area (Å²) in [7, 11) is 1.59. The highest BCUT2D eigenvalue weighted by Crippen LogP contribution is 2.47. The van der Waals surface area contributed by atoms with E-state index < -0.39 is 17.9 Å². The van der Waals surface area contributed by atoms with Gasteiger partial charge in [-0.15, -0.1) is 0 Å². The zero-order valence-electron chi connectivity index (χ0n) is 22.8. The van der Waals surface area contributed by atoms with Gasteiger partial charge in [0.2, 0.25) is 12.7 Å². The quantitative estimate of drug-likeness (QED) is 0.317. The molecule has 3 atom stereocenters. The van der Waals surface area contributed by atoms with Crippen LogP contribution in [0.15, 0.2) is 59.1 Å². The Morgan fingerprint density at radius 2 is 1.65 bits per heavy atom. The third-order valence-electron chi connectivity index (χ3n) is 7.80. The third kappa shape index (κ3) is 5.53. The number of rotatable bonds is 9. The van der Waals surface area contributed by atoms with Crippen LogP contribution in [0.5, 0.6) is 17.2 Å². The maximum atomic E-state index is 13.6. The molecule has 0 aliphatic carbocycles. The number of fused-ring (bicyclic) bond motifs is 1. The van der Waals surface area contributed by atoms with Crippen molar-refractivity contribution in [3.8, 4) is 17.2 Å². The van der Waals surface area contributed by atoms with Crippen molar-refractivity contribution in [3.63, 3.8) is 0 Å². The summed E-state index contributed by atoms with van der Waals surface area (Å²) in [5, 5.41) is 13.7. The number of carboxylic acids is 1. The molecule has 0 unspecified atom stereocenters. The molecule has 0 bridgehead atoms. The number of aryl methyl sites for hydroxylation is 2. The lowest BCUT2D eigenvalue weighted by Gasteiger charge is -2.27. The molecular weight excluding hydrogens is 576 g/mol. The van der Waals surface area contributed by atoms with Gasteiger partial charge in [-0.25, -0.2) is 0 Å². The maximum Gasteiger partial charge on any atom is 0.309 e. The van der Waals surface area contributed by atoms with Crippen LogP contribution < -0.4 is 19.5 Å². The predicted octanol–water partition coefficient (Wildman–Crippen LogP) is 5.79. The molecule has 0 radical (unpaired) electrons. The van der Waals surface area contributed by atoms with Crippen LogP contribution in [0.3, 0.4) is 0 Å². The van der Waals surface area contributed by atoms with Gasteiger partial charge in [0.25, 0.3) is 0 Å². The first-order valence-electron chi connectivity index (χ1n) is 13.4. The van der Waals surface area contributed by atoms with Crippen LogP contribution in [0, 0.1) is 5.92 Å². The van der Waals surface area contributed by atoms with Gasteiger partial charge in [0.05, 0.1) is 19.6 Å². The zero-order valence-corrected chi connectivity index (χ0v) is 24.4. The second-order valence-corrected chi connectivity index (χ2v) is 11.0. The average molecular weight is 610 g/mol. The maximum absolute atomic E-state index is 13.6. The molecular formula is C31H33BrN2O6. The Morgan fingerprint density at radius 1 is 1.00 bits per heavy atom. The molecule has 1 saturated heterocycles. The number of hydrogen-bond donors (Lipinski definition) is 2. The van der Waals surface area contributed by atoms with Gasteiger partial charge in [-0.3, -0.25) is 14.5 Å². The number of nitrogens with zero attached hydrogens (tertiary/aromatic N) is 1. The van der Waals surface area contributed by atoms with E-state index in [0.717, 1.165) is 45.3 Å². The average Bonchev–Trinajstić information content (AvgIpc) is 3.58. The number of carbonyl (C=O) groups is 2. The van der Waals surface area contributed by atoms with Crippen molar-refractivity contribution in [1.29, 1.82) is 0 Å². The van der Waals surface area contributed by atoms with Crippen molar-refractivity contribution in [2.45, 2.75) is 38.6 Å². The number of anilines is 1. The molecule has 0 saturated carbocycles. The second kappa shape index (κ2) is 11.9.